The molecule has 1 N–H and O–H groups in total. The maximum atomic E-state index is 5.24. The fourth-order valence-electron chi connectivity index (χ4n) is 3.25. The van der Waals surface area contributed by atoms with Crippen LogP contribution in [0, 0.1) is 0 Å². The lowest BCUT2D eigenvalue weighted by molar-refractivity contribution is 0.112. The molecule has 2 unspecified atom stereocenters. The van der Waals surface area contributed by atoms with Crippen LogP contribution in [0.25, 0.3) is 0 Å². The van der Waals surface area contributed by atoms with Crippen LogP contribution < -0.4 is 10.1 Å². The molecule has 118 valence electrons. The second-order valence-electron chi connectivity index (χ2n) is 6.11. The van der Waals surface area contributed by atoms with Crippen LogP contribution in [-0.4, -0.2) is 37.2 Å². The first-order valence-corrected chi connectivity index (χ1v) is 8.37. The van der Waals surface area contributed by atoms with Crippen molar-refractivity contribution in [2.24, 2.45) is 0 Å². The van der Waals surface area contributed by atoms with Gasteiger partial charge in [-0.25, -0.2) is 0 Å². The first kappa shape index (κ1) is 16.3. The molecule has 1 fully saturated rings. The number of methoxy groups -OCH3 is 1. The summed E-state index contributed by atoms with van der Waals surface area (Å²) in [5, 5.41) is 3.73. The summed E-state index contributed by atoms with van der Waals surface area (Å²) < 4.78 is 5.24. The predicted octanol–water partition coefficient (Wildman–Crippen LogP) is 3.44. The molecule has 2 rings (SSSR count). The van der Waals surface area contributed by atoms with Crippen molar-refractivity contribution in [1.82, 2.24) is 10.2 Å². The minimum absolute atomic E-state index is 0.654. The van der Waals surface area contributed by atoms with Gasteiger partial charge in [0.15, 0.2) is 0 Å². The van der Waals surface area contributed by atoms with E-state index in [2.05, 4.69) is 48.3 Å². The van der Waals surface area contributed by atoms with Crippen molar-refractivity contribution in [2.75, 3.05) is 20.2 Å². The molecule has 0 spiro atoms. The molecule has 0 bridgehead atoms. The summed E-state index contributed by atoms with van der Waals surface area (Å²) in [4.78, 5) is 2.67. The van der Waals surface area contributed by atoms with E-state index in [0.717, 1.165) is 18.8 Å². The molecule has 1 saturated heterocycles. The standard InChI is InChI=1S/C18H30N2O/c1-4-6-16-14-20(17(7-5-2)12-19-16)13-15-8-10-18(21-3)11-9-15/h8-11,16-17,19H,4-7,12-14H2,1-3H3. The van der Waals surface area contributed by atoms with Crippen LogP contribution in [0.4, 0.5) is 0 Å². The number of nitrogens with zero attached hydrogens (tertiary/aromatic N) is 1. The van der Waals surface area contributed by atoms with E-state index in [0.29, 0.717) is 12.1 Å². The number of benzene rings is 1. The van der Waals surface area contributed by atoms with Crippen molar-refractivity contribution >= 4 is 0 Å². The SMILES string of the molecule is CCCC1CN(Cc2ccc(OC)cc2)C(CCC)CN1. The summed E-state index contributed by atoms with van der Waals surface area (Å²) in [6.45, 7) is 7.91. The molecule has 0 radical (unpaired) electrons. The van der Waals surface area contributed by atoms with Crippen LogP contribution in [0.2, 0.25) is 0 Å². The Bertz CT molecular complexity index is 404. The molecule has 3 nitrogen and oxygen atoms in total. The second kappa shape index (κ2) is 8.40. The highest BCUT2D eigenvalue weighted by atomic mass is 16.5. The quantitative estimate of drug-likeness (QED) is 0.832. The summed E-state index contributed by atoms with van der Waals surface area (Å²) in [6.07, 6.45) is 5.07. The van der Waals surface area contributed by atoms with Gasteiger partial charge in [-0.3, -0.25) is 4.90 Å². The lowest BCUT2D eigenvalue weighted by Gasteiger charge is -2.40. The van der Waals surface area contributed by atoms with Crippen molar-refractivity contribution in [2.45, 2.75) is 58.2 Å². The van der Waals surface area contributed by atoms with Gasteiger partial charge in [0.2, 0.25) is 0 Å². The summed E-state index contributed by atoms with van der Waals surface area (Å²) >= 11 is 0. The Morgan fingerprint density at radius 2 is 1.86 bits per heavy atom. The van der Waals surface area contributed by atoms with E-state index in [4.69, 9.17) is 4.74 Å². The Morgan fingerprint density at radius 3 is 2.48 bits per heavy atom. The second-order valence-corrected chi connectivity index (χ2v) is 6.11. The van der Waals surface area contributed by atoms with Gasteiger partial charge in [-0.1, -0.05) is 38.8 Å². The maximum Gasteiger partial charge on any atom is 0.118 e. The zero-order valence-corrected chi connectivity index (χ0v) is 13.8. The zero-order valence-electron chi connectivity index (χ0n) is 13.8. The molecule has 0 aliphatic carbocycles. The highest BCUT2D eigenvalue weighted by molar-refractivity contribution is 5.27. The third-order valence-electron chi connectivity index (χ3n) is 4.42. The third-order valence-corrected chi connectivity index (χ3v) is 4.42. The molecule has 2 atom stereocenters. The van der Waals surface area contributed by atoms with E-state index in [1.165, 1.54) is 37.8 Å². The monoisotopic (exact) mass is 290 g/mol. The molecular formula is C18H30N2O. The van der Waals surface area contributed by atoms with Crippen molar-refractivity contribution in [3.05, 3.63) is 29.8 Å². The van der Waals surface area contributed by atoms with Gasteiger partial charge >= 0.3 is 0 Å². The fourth-order valence-corrected chi connectivity index (χ4v) is 3.25. The average Bonchev–Trinajstić information content (AvgIpc) is 2.51. The van der Waals surface area contributed by atoms with Crippen LogP contribution in [0.3, 0.4) is 0 Å². The van der Waals surface area contributed by atoms with Crippen LogP contribution in [0.1, 0.15) is 45.1 Å². The van der Waals surface area contributed by atoms with E-state index >= 15 is 0 Å². The smallest absolute Gasteiger partial charge is 0.118 e. The van der Waals surface area contributed by atoms with Crippen molar-refractivity contribution in [3.63, 3.8) is 0 Å². The molecule has 0 aromatic heterocycles. The van der Waals surface area contributed by atoms with Gasteiger partial charge in [-0.15, -0.1) is 0 Å². The summed E-state index contributed by atoms with van der Waals surface area (Å²) in [7, 11) is 1.72. The minimum Gasteiger partial charge on any atom is -0.497 e. The van der Waals surface area contributed by atoms with Gasteiger partial charge in [0.05, 0.1) is 7.11 Å². The number of hydrogen-bond acceptors (Lipinski definition) is 3. The lowest BCUT2D eigenvalue weighted by atomic mass is 10.0. The summed E-state index contributed by atoms with van der Waals surface area (Å²) in [6, 6.07) is 9.84. The van der Waals surface area contributed by atoms with E-state index < -0.39 is 0 Å². The van der Waals surface area contributed by atoms with E-state index in [9.17, 15) is 0 Å². The Morgan fingerprint density at radius 1 is 1.14 bits per heavy atom. The van der Waals surface area contributed by atoms with Crippen LogP contribution in [-0.2, 0) is 6.54 Å². The van der Waals surface area contributed by atoms with Crippen LogP contribution >= 0.6 is 0 Å². The van der Waals surface area contributed by atoms with Crippen molar-refractivity contribution in [3.8, 4) is 5.75 Å². The third kappa shape index (κ3) is 4.72. The molecule has 3 heteroatoms. The highest BCUT2D eigenvalue weighted by Crippen LogP contribution is 2.19. The highest BCUT2D eigenvalue weighted by Gasteiger charge is 2.26. The van der Waals surface area contributed by atoms with E-state index in [-0.39, 0.29) is 0 Å². The molecule has 1 aliphatic rings. The van der Waals surface area contributed by atoms with E-state index in [1.54, 1.807) is 7.11 Å². The molecule has 0 amide bonds. The molecular weight excluding hydrogens is 260 g/mol. The molecule has 1 aliphatic heterocycles. The van der Waals surface area contributed by atoms with Gasteiger partial charge in [0, 0.05) is 31.7 Å². The first-order chi connectivity index (χ1) is 10.3. The van der Waals surface area contributed by atoms with Crippen molar-refractivity contribution < 1.29 is 4.74 Å². The van der Waals surface area contributed by atoms with Gasteiger partial charge < -0.3 is 10.1 Å². The summed E-state index contributed by atoms with van der Waals surface area (Å²) in [5.74, 6) is 0.938. The Hall–Kier alpha value is -1.06. The van der Waals surface area contributed by atoms with Crippen molar-refractivity contribution in [1.29, 1.82) is 0 Å². The van der Waals surface area contributed by atoms with Crippen LogP contribution in [0.15, 0.2) is 24.3 Å². The fraction of sp³-hybridized carbons (Fsp3) is 0.667. The Kier molecular flexibility index (Phi) is 6.52. The molecule has 1 aromatic rings. The van der Waals surface area contributed by atoms with Gasteiger partial charge in [-0.2, -0.15) is 0 Å². The maximum absolute atomic E-state index is 5.24. The van der Waals surface area contributed by atoms with Crippen LogP contribution in [0.5, 0.6) is 5.75 Å². The number of rotatable bonds is 7. The number of ether oxygens (including phenoxy) is 1. The largest absolute Gasteiger partial charge is 0.497 e. The summed E-state index contributed by atoms with van der Waals surface area (Å²) in [5.41, 5.74) is 1.38. The molecule has 0 saturated carbocycles. The molecule has 1 heterocycles. The Balaban J connectivity index is 2.00. The zero-order chi connectivity index (χ0) is 15.1. The van der Waals surface area contributed by atoms with Gasteiger partial charge in [0.1, 0.15) is 5.75 Å². The topological polar surface area (TPSA) is 24.5 Å². The average molecular weight is 290 g/mol. The number of nitrogens with one attached hydrogen (secondary N) is 1. The molecule has 21 heavy (non-hydrogen) atoms. The molecule has 1 aromatic carbocycles. The number of hydrogen-bond donors (Lipinski definition) is 1. The normalized spacial score (nSPS) is 23.2. The van der Waals surface area contributed by atoms with Gasteiger partial charge in [-0.05, 0) is 30.5 Å². The lowest BCUT2D eigenvalue weighted by Crippen LogP contribution is -2.55. The Labute approximate surface area is 129 Å². The van der Waals surface area contributed by atoms with E-state index in [1.807, 2.05) is 0 Å². The van der Waals surface area contributed by atoms with Gasteiger partial charge in [0.25, 0.3) is 0 Å². The minimum atomic E-state index is 0.654. The number of piperazine rings is 1. The predicted molar refractivity (Wildman–Crippen MR) is 88.8 cm³/mol. The first-order valence-electron chi connectivity index (χ1n) is 8.37.